The fourth-order valence-electron chi connectivity index (χ4n) is 1.20. The number of rotatable bonds is 4. The number of esters is 2. The van der Waals surface area contributed by atoms with Crippen LogP contribution in [0.15, 0.2) is 28.4 Å². The van der Waals surface area contributed by atoms with Crippen molar-refractivity contribution < 1.29 is 27.8 Å². The van der Waals surface area contributed by atoms with Crippen molar-refractivity contribution in [2.24, 2.45) is 0 Å². The van der Waals surface area contributed by atoms with Crippen LogP contribution in [0.1, 0.15) is 0 Å². The minimum absolute atomic E-state index is 0.0105. The number of methoxy groups -OCH3 is 2. The molecule has 0 aromatic heterocycles. The number of anilines is 1. The maximum Gasteiger partial charge on any atom is 0.354 e. The highest BCUT2D eigenvalue weighted by Crippen LogP contribution is 2.24. The average Bonchev–Trinajstić information content (AvgIpc) is 2.42. The summed E-state index contributed by atoms with van der Waals surface area (Å²) in [6, 6.07) is 1.71. The number of hydrogen-bond donors (Lipinski definition) is 1. The second-order valence-electron chi connectivity index (χ2n) is 3.44. The molecule has 0 aliphatic carbocycles. The second-order valence-corrected chi connectivity index (χ2v) is 4.30. The fraction of sp³-hybridized carbons (Fsp3) is 0.167. The zero-order valence-corrected chi connectivity index (χ0v) is 12.1. The number of nitrogens with one attached hydrogen (secondary N) is 1. The third-order valence-electron chi connectivity index (χ3n) is 2.15. The lowest BCUT2D eigenvalue weighted by Crippen LogP contribution is -2.16. The van der Waals surface area contributed by atoms with Gasteiger partial charge in [0.05, 0.1) is 30.5 Å². The third-order valence-corrected chi connectivity index (χ3v) is 2.76. The Morgan fingerprint density at radius 1 is 1.20 bits per heavy atom. The Balaban J connectivity index is 3.14. The van der Waals surface area contributed by atoms with Crippen molar-refractivity contribution >= 4 is 33.6 Å². The molecule has 20 heavy (non-hydrogen) atoms. The van der Waals surface area contributed by atoms with E-state index < -0.39 is 23.6 Å². The molecule has 0 amide bonds. The van der Waals surface area contributed by atoms with Crippen molar-refractivity contribution in [2.75, 3.05) is 19.5 Å². The fourth-order valence-corrected chi connectivity index (χ4v) is 1.54. The van der Waals surface area contributed by atoms with E-state index in [0.29, 0.717) is 6.07 Å². The van der Waals surface area contributed by atoms with Gasteiger partial charge in [-0.1, -0.05) is 0 Å². The first-order chi connectivity index (χ1) is 9.38. The van der Waals surface area contributed by atoms with Crippen LogP contribution in [-0.4, -0.2) is 26.2 Å². The number of hydrogen-bond acceptors (Lipinski definition) is 5. The van der Waals surface area contributed by atoms with E-state index in [1.807, 2.05) is 0 Å². The first-order valence-electron chi connectivity index (χ1n) is 5.18. The molecule has 8 heteroatoms. The smallest absolute Gasteiger partial charge is 0.354 e. The number of halogens is 3. The van der Waals surface area contributed by atoms with Gasteiger partial charge in [-0.25, -0.2) is 18.4 Å². The highest BCUT2D eigenvalue weighted by Gasteiger charge is 2.16. The van der Waals surface area contributed by atoms with Crippen LogP contribution in [0.3, 0.4) is 0 Å². The van der Waals surface area contributed by atoms with Crippen LogP contribution in [-0.2, 0) is 19.1 Å². The third kappa shape index (κ3) is 4.02. The molecule has 0 atom stereocenters. The van der Waals surface area contributed by atoms with Crippen LogP contribution >= 0.6 is 15.9 Å². The molecule has 0 bridgehead atoms. The normalized spacial score (nSPS) is 10.9. The second kappa shape index (κ2) is 6.99. The first-order valence-corrected chi connectivity index (χ1v) is 5.97. The summed E-state index contributed by atoms with van der Waals surface area (Å²) < 4.78 is 35.4. The molecule has 1 N–H and O–H groups in total. The Morgan fingerprint density at radius 3 is 2.40 bits per heavy atom. The summed E-state index contributed by atoms with van der Waals surface area (Å²) in [5.74, 6) is -3.48. The summed E-state index contributed by atoms with van der Waals surface area (Å²) in [7, 11) is 2.20. The molecule has 0 saturated heterocycles. The topological polar surface area (TPSA) is 64.6 Å². The summed E-state index contributed by atoms with van der Waals surface area (Å²) in [5.41, 5.74) is -0.560. The van der Waals surface area contributed by atoms with E-state index >= 15 is 0 Å². The van der Waals surface area contributed by atoms with E-state index in [1.54, 1.807) is 0 Å². The van der Waals surface area contributed by atoms with Gasteiger partial charge in [0, 0.05) is 6.07 Å². The van der Waals surface area contributed by atoms with Gasteiger partial charge >= 0.3 is 11.9 Å². The van der Waals surface area contributed by atoms with Crippen molar-refractivity contribution in [1.29, 1.82) is 0 Å². The quantitative estimate of drug-likeness (QED) is 0.513. The SMILES string of the molecule is COC(=O)/C=C(/Nc1cc(Br)c(F)cc1F)C(=O)OC. The van der Waals surface area contributed by atoms with Crippen LogP contribution in [0, 0.1) is 11.6 Å². The standard InChI is InChI=1S/C12H10BrF2NO4/c1-19-11(17)5-10(12(18)20-2)16-9-3-6(13)7(14)4-8(9)15/h3-5,16H,1-2H3/b10-5+. The molecule has 1 aromatic carbocycles. The molecular weight excluding hydrogens is 340 g/mol. The van der Waals surface area contributed by atoms with Gasteiger partial charge in [0.15, 0.2) is 0 Å². The molecule has 0 fully saturated rings. The maximum atomic E-state index is 13.6. The number of benzene rings is 1. The van der Waals surface area contributed by atoms with E-state index in [0.717, 1.165) is 26.4 Å². The lowest BCUT2D eigenvalue weighted by atomic mass is 10.2. The van der Waals surface area contributed by atoms with Gasteiger partial charge in [-0.15, -0.1) is 0 Å². The largest absolute Gasteiger partial charge is 0.466 e. The predicted octanol–water partition coefficient (Wildman–Crippen LogP) is 2.37. The number of carbonyl (C=O) groups excluding carboxylic acids is 2. The van der Waals surface area contributed by atoms with Crippen LogP contribution in [0.2, 0.25) is 0 Å². The van der Waals surface area contributed by atoms with E-state index in [4.69, 9.17) is 0 Å². The molecule has 108 valence electrons. The summed E-state index contributed by atoms with van der Waals surface area (Å²) in [6.07, 6.45) is 0.794. The van der Waals surface area contributed by atoms with Crippen LogP contribution in [0.25, 0.3) is 0 Å². The van der Waals surface area contributed by atoms with Crippen molar-refractivity contribution in [3.8, 4) is 0 Å². The van der Waals surface area contributed by atoms with E-state index in [-0.39, 0.29) is 15.9 Å². The molecular formula is C12H10BrF2NO4. The Hall–Kier alpha value is -1.96. The Labute approximate surface area is 121 Å². The lowest BCUT2D eigenvalue weighted by molar-refractivity contribution is -0.138. The summed E-state index contributed by atoms with van der Waals surface area (Å²) >= 11 is 2.88. The number of carbonyl (C=O) groups is 2. The van der Waals surface area contributed by atoms with E-state index in [1.165, 1.54) is 0 Å². The molecule has 0 aliphatic rings. The highest BCUT2D eigenvalue weighted by molar-refractivity contribution is 9.10. The van der Waals surface area contributed by atoms with Crippen LogP contribution in [0.4, 0.5) is 14.5 Å². The molecule has 0 saturated carbocycles. The Morgan fingerprint density at radius 2 is 1.85 bits per heavy atom. The van der Waals surface area contributed by atoms with Gasteiger partial charge in [0.2, 0.25) is 0 Å². The van der Waals surface area contributed by atoms with Gasteiger partial charge < -0.3 is 14.8 Å². The molecule has 0 unspecified atom stereocenters. The molecule has 1 rings (SSSR count). The predicted molar refractivity (Wildman–Crippen MR) is 69.8 cm³/mol. The van der Waals surface area contributed by atoms with E-state index in [2.05, 4.69) is 30.7 Å². The molecule has 0 radical (unpaired) electrons. The molecule has 0 aliphatic heterocycles. The van der Waals surface area contributed by atoms with Gasteiger partial charge in [0.1, 0.15) is 17.3 Å². The zero-order chi connectivity index (χ0) is 15.3. The maximum absolute atomic E-state index is 13.6. The molecule has 1 aromatic rings. The van der Waals surface area contributed by atoms with Crippen molar-refractivity contribution in [2.45, 2.75) is 0 Å². The Bertz CT molecular complexity index is 575. The van der Waals surface area contributed by atoms with Gasteiger partial charge in [-0.3, -0.25) is 0 Å². The first kappa shape index (κ1) is 16.1. The van der Waals surface area contributed by atoms with Crippen molar-refractivity contribution in [1.82, 2.24) is 0 Å². The minimum Gasteiger partial charge on any atom is -0.466 e. The molecule has 0 heterocycles. The van der Waals surface area contributed by atoms with Gasteiger partial charge in [-0.2, -0.15) is 0 Å². The van der Waals surface area contributed by atoms with Gasteiger partial charge in [0.25, 0.3) is 0 Å². The zero-order valence-electron chi connectivity index (χ0n) is 10.5. The highest BCUT2D eigenvalue weighted by atomic mass is 79.9. The summed E-state index contributed by atoms with van der Waals surface area (Å²) in [5, 5.41) is 2.35. The van der Waals surface area contributed by atoms with Crippen LogP contribution < -0.4 is 5.32 Å². The summed E-state index contributed by atoms with van der Waals surface area (Å²) in [4.78, 5) is 22.6. The molecule has 5 nitrogen and oxygen atoms in total. The van der Waals surface area contributed by atoms with Crippen molar-refractivity contribution in [3.05, 3.63) is 40.0 Å². The molecule has 0 spiro atoms. The van der Waals surface area contributed by atoms with Crippen molar-refractivity contribution in [3.63, 3.8) is 0 Å². The number of ether oxygens (including phenoxy) is 2. The van der Waals surface area contributed by atoms with Gasteiger partial charge in [-0.05, 0) is 22.0 Å². The Kier molecular flexibility index (Phi) is 5.63. The van der Waals surface area contributed by atoms with Crippen LogP contribution in [0.5, 0.6) is 0 Å². The minimum atomic E-state index is -0.939. The summed E-state index contributed by atoms with van der Waals surface area (Å²) in [6.45, 7) is 0. The lowest BCUT2D eigenvalue weighted by Gasteiger charge is -2.10. The monoisotopic (exact) mass is 349 g/mol. The average molecular weight is 350 g/mol. The van der Waals surface area contributed by atoms with E-state index in [9.17, 15) is 18.4 Å².